The van der Waals surface area contributed by atoms with Crippen LogP contribution < -0.4 is 0 Å². The lowest BCUT2D eigenvalue weighted by atomic mass is 10.1. The summed E-state index contributed by atoms with van der Waals surface area (Å²) in [4.78, 5) is 14.3. The zero-order valence-corrected chi connectivity index (χ0v) is 16.2. The highest BCUT2D eigenvalue weighted by Gasteiger charge is 2.12. The number of hydrogen-bond donors (Lipinski definition) is 0. The highest BCUT2D eigenvalue weighted by molar-refractivity contribution is 6.30. The smallest absolute Gasteiger partial charge is 0.164 e. The van der Waals surface area contributed by atoms with Gasteiger partial charge in [-0.2, -0.15) is 0 Å². The van der Waals surface area contributed by atoms with Gasteiger partial charge in [0.15, 0.2) is 17.5 Å². The molecular formula is C25H16ClN3. The molecule has 0 saturated heterocycles. The van der Waals surface area contributed by atoms with Gasteiger partial charge >= 0.3 is 0 Å². The van der Waals surface area contributed by atoms with E-state index in [1.54, 1.807) is 0 Å². The lowest BCUT2D eigenvalue weighted by molar-refractivity contribution is 1.07. The molecule has 4 heteroatoms. The highest BCUT2D eigenvalue weighted by atomic mass is 35.5. The fourth-order valence-corrected chi connectivity index (χ4v) is 3.50. The Morgan fingerprint density at radius 3 is 1.76 bits per heavy atom. The molecular weight excluding hydrogens is 378 g/mol. The molecule has 0 spiro atoms. The fraction of sp³-hybridized carbons (Fsp3) is 0. The molecule has 0 atom stereocenters. The summed E-state index contributed by atoms with van der Waals surface area (Å²) in [6, 6.07) is 32.0. The van der Waals surface area contributed by atoms with Crippen molar-refractivity contribution in [1.29, 1.82) is 0 Å². The zero-order valence-electron chi connectivity index (χ0n) is 15.5. The second-order valence-electron chi connectivity index (χ2n) is 6.74. The molecule has 0 amide bonds. The maximum Gasteiger partial charge on any atom is 0.164 e. The largest absolute Gasteiger partial charge is 0.208 e. The molecule has 1 heterocycles. The third-order valence-electron chi connectivity index (χ3n) is 4.76. The third kappa shape index (κ3) is 3.60. The van der Waals surface area contributed by atoms with Crippen LogP contribution >= 0.6 is 11.6 Å². The summed E-state index contributed by atoms with van der Waals surface area (Å²) in [5, 5.41) is 2.98. The van der Waals surface area contributed by atoms with Crippen LogP contribution in [0.5, 0.6) is 0 Å². The SMILES string of the molecule is Clc1cccc(-c2nc(-c3ccccc3)nc(-c3ccc4ccccc4c3)n2)c1. The van der Waals surface area contributed by atoms with Crippen LogP contribution in [0.4, 0.5) is 0 Å². The molecule has 5 rings (SSSR count). The molecule has 0 unspecified atom stereocenters. The van der Waals surface area contributed by atoms with Crippen LogP contribution in [-0.4, -0.2) is 15.0 Å². The fourth-order valence-electron chi connectivity index (χ4n) is 3.31. The molecule has 138 valence electrons. The van der Waals surface area contributed by atoms with Crippen molar-refractivity contribution in [2.45, 2.75) is 0 Å². The lowest BCUT2D eigenvalue weighted by Crippen LogP contribution is -2.00. The summed E-state index contributed by atoms with van der Waals surface area (Å²) in [7, 11) is 0. The normalized spacial score (nSPS) is 10.9. The molecule has 0 bridgehead atoms. The first kappa shape index (κ1) is 17.5. The van der Waals surface area contributed by atoms with E-state index in [9.17, 15) is 0 Å². The van der Waals surface area contributed by atoms with Crippen molar-refractivity contribution in [3.63, 3.8) is 0 Å². The average Bonchev–Trinajstić information content (AvgIpc) is 2.79. The lowest BCUT2D eigenvalue weighted by Gasteiger charge is -2.09. The minimum atomic E-state index is 0.601. The van der Waals surface area contributed by atoms with E-state index < -0.39 is 0 Å². The molecule has 0 N–H and O–H groups in total. The van der Waals surface area contributed by atoms with E-state index >= 15 is 0 Å². The van der Waals surface area contributed by atoms with Crippen molar-refractivity contribution in [1.82, 2.24) is 15.0 Å². The predicted molar refractivity (Wildman–Crippen MR) is 119 cm³/mol. The summed E-state index contributed by atoms with van der Waals surface area (Å²) < 4.78 is 0. The monoisotopic (exact) mass is 393 g/mol. The Labute approximate surface area is 173 Å². The number of fused-ring (bicyclic) bond motifs is 1. The zero-order chi connectivity index (χ0) is 19.6. The number of benzene rings is 4. The van der Waals surface area contributed by atoms with Crippen LogP contribution in [-0.2, 0) is 0 Å². The molecule has 1 aromatic heterocycles. The van der Waals surface area contributed by atoms with Gasteiger partial charge in [0.2, 0.25) is 0 Å². The van der Waals surface area contributed by atoms with E-state index in [-0.39, 0.29) is 0 Å². The molecule has 0 fully saturated rings. The van der Waals surface area contributed by atoms with Crippen molar-refractivity contribution in [3.8, 4) is 34.2 Å². The molecule has 0 radical (unpaired) electrons. The van der Waals surface area contributed by atoms with Gasteiger partial charge in [-0.3, -0.25) is 0 Å². The van der Waals surface area contributed by atoms with Gasteiger partial charge in [0.05, 0.1) is 0 Å². The van der Waals surface area contributed by atoms with Crippen LogP contribution in [0.25, 0.3) is 44.9 Å². The highest BCUT2D eigenvalue weighted by Crippen LogP contribution is 2.27. The summed E-state index contributed by atoms with van der Waals surface area (Å²) in [5.74, 6) is 1.88. The molecule has 0 aliphatic rings. The van der Waals surface area contributed by atoms with Gasteiger partial charge in [0, 0.05) is 21.7 Å². The minimum absolute atomic E-state index is 0.601. The Kier molecular flexibility index (Phi) is 4.51. The Hall–Kier alpha value is -3.56. The molecule has 4 aromatic carbocycles. The first-order valence-corrected chi connectivity index (χ1v) is 9.71. The number of halogens is 1. The molecule has 0 aliphatic heterocycles. The second-order valence-corrected chi connectivity index (χ2v) is 7.18. The Bertz CT molecular complexity index is 1320. The maximum absolute atomic E-state index is 6.20. The van der Waals surface area contributed by atoms with Crippen molar-refractivity contribution < 1.29 is 0 Å². The van der Waals surface area contributed by atoms with Crippen molar-refractivity contribution in [2.24, 2.45) is 0 Å². The number of aromatic nitrogens is 3. The second kappa shape index (κ2) is 7.46. The Balaban J connectivity index is 1.72. The number of hydrogen-bond acceptors (Lipinski definition) is 3. The van der Waals surface area contributed by atoms with Gasteiger partial charge in [-0.15, -0.1) is 0 Å². The van der Waals surface area contributed by atoms with Gasteiger partial charge in [-0.05, 0) is 29.0 Å². The molecule has 3 nitrogen and oxygen atoms in total. The summed E-state index contributed by atoms with van der Waals surface area (Å²) in [6.45, 7) is 0. The van der Waals surface area contributed by atoms with E-state index in [0.717, 1.165) is 22.1 Å². The average molecular weight is 394 g/mol. The van der Waals surface area contributed by atoms with Crippen molar-refractivity contribution >= 4 is 22.4 Å². The molecule has 29 heavy (non-hydrogen) atoms. The number of rotatable bonds is 3. The minimum Gasteiger partial charge on any atom is -0.208 e. The summed E-state index contributed by atoms with van der Waals surface area (Å²) in [6.07, 6.45) is 0. The first-order valence-electron chi connectivity index (χ1n) is 9.33. The van der Waals surface area contributed by atoms with Gasteiger partial charge in [0.1, 0.15) is 0 Å². The molecule has 0 aliphatic carbocycles. The van der Waals surface area contributed by atoms with Crippen LogP contribution in [0.2, 0.25) is 5.02 Å². The summed E-state index contributed by atoms with van der Waals surface area (Å²) >= 11 is 6.20. The predicted octanol–water partition coefficient (Wildman–Crippen LogP) is 6.68. The van der Waals surface area contributed by atoms with Crippen LogP contribution in [0.15, 0.2) is 97.1 Å². The Morgan fingerprint density at radius 2 is 1.03 bits per heavy atom. The van der Waals surface area contributed by atoms with Crippen LogP contribution in [0.3, 0.4) is 0 Å². The molecule has 5 aromatic rings. The van der Waals surface area contributed by atoms with Crippen molar-refractivity contribution in [3.05, 3.63) is 102 Å². The van der Waals surface area contributed by atoms with E-state index in [1.807, 2.05) is 72.8 Å². The Morgan fingerprint density at radius 1 is 0.448 bits per heavy atom. The molecule has 0 saturated carbocycles. The first-order chi connectivity index (χ1) is 14.3. The standard InChI is InChI=1S/C25H16ClN3/c26-22-12-6-11-20(16-22)24-27-23(18-8-2-1-3-9-18)28-25(29-24)21-14-13-17-7-4-5-10-19(17)15-21/h1-16H. The number of nitrogens with zero attached hydrogens (tertiary/aromatic N) is 3. The van der Waals surface area contributed by atoms with E-state index in [1.165, 1.54) is 5.39 Å². The van der Waals surface area contributed by atoms with Gasteiger partial charge in [-0.25, -0.2) is 15.0 Å². The third-order valence-corrected chi connectivity index (χ3v) is 4.99. The van der Waals surface area contributed by atoms with Gasteiger partial charge in [-0.1, -0.05) is 90.5 Å². The van der Waals surface area contributed by atoms with E-state index in [4.69, 9.17) is 26.6 Å². The van der Waals surface area contributed by atoms with Crippen molar-refractivity contribution in [2.75, 3.05) is 0 Å². The topological polar surface area (TPSA) is 38.7 Å². The maximum atomic E-state index is 6.20. The van der Waals surface area contributed by atoms with Gasteiger partial charge < -0.3 is 0 Å². The summed E-state index contributed by atoms with van der Waals surface area (Å²) in [5.41, 5.74) is 2.76. The van der Waals surface area contributed by atoms with E-state index in [0.29, 0.717) is 22.5 Å². The van der Waals surface area contributed by atoms with E-state index in [2.05, 4.69) is 24.3 Å². The van der Waals surface area contributed by atoms with Crippen LogP contribution in [0.1, 0.15) is 0 Å². The van der Waals surface area contributed by atoms with Crippen LogP contribution in [0, 0.1) is 0 Å². The quantitative estimate of drug-likeness (QED) is 0.343. The van der Waals surface area contributed by atoms with Gasteiger partial charge in [0.25, 0.3) is 0 Å².